The fourth-order valence-corrected chi connectivity index (χ4v) is 2.35. The molecule has 0 aliphatic rings. The third-order valence-corrected chi connectivity index (χ3v) is 3.28. The summed E-state index contributed by atoms with van der Waals surface area (Å²) in [6.07, 6.45) is 0.739. The summed E-state index contributed by atoms with van der Waals surface area (Å²) in [7, 11) is 1.31. The molecule has 0 bridgehead atoms. The van der Waals surface area contributed by atoms with Crippen LogP contribution in [0.25, 0.3) is 11.0 Å². The van der Waals surface area contributed by atoms with Gasteiger partial charge >= 0.3 is 5.97 Å². The predicted molar refractivity (Wildman–Crippen MR) is 78.7 cm³/mol. The molecule has 1 heterocycles. The molecule has 0 saturated carbocycles. The number of hydrogen-bond donors (Lipinski definition) is 1. The SMILES string of the molecule is CCc1nc2ccccc2n1CC(NC(C)=O)C(=O)OC. The molecule has 21 heavy (non-hydrogen) atoms. The quantitative estimate of drug-likeness (QED) is 0.841. The van der Waals surface area contributed by atoms with Gasteiger partial charge in [-0.25, -0.2) is 9.78 Å². The Hall–Kier alpha value is -2.37. The van der Waals surface area contributed by atoms with Crippen LogP contribution in [0.4, 0.5) is 0 Å². The number of imidazole rings is 1. The normalized spacial score (nSPS) is 12.1. The van der Waals surface area contributed by atoms with E-state index in [1.165, 1.54) is 14.0 Å². The Morgan fingerprint density at radius 3 is 2.71 bits per heavy atom. The van der Waals surface area contributed by atoms with E-state index in [0.29, 0.717) is 6.54 Å². The Morgan fingerprint density at radius 1 is 1.38 bits per heavy atom. The minimum Gasteiger partial charge on any atom is -0.467 e. The van der Waals surface area contributed by atoms with Crippen LogP contribution in [0.1, 0.15) is 19.7 Å². The second-order valence-corrected chi connectivity index (χ2v) is 4.76. The van der Waals surface area contributed by atoms with Crippen LogP contribution in [0.3, 0.4) is 0 Å². The maximum Gasteiger partial charge on any atom is 0.330 e. The summed E-state index contributed by atoms with van der Waals surface area (Å²) in [6.45, 7) is 3.68. The molecular weight excluding hydrogens is 270 g/mol. The van der Waals surface area contributed by atoms with Crippen molar-refractivity contribution in [3.05, 3.63) is 30.1 Å². The highest BCUT2D eigenvalue weighted by Crippen LogP contribution is 2.17. The zero-order valence-electron chi connectivity index (χ0n) is 12.4. The van der Waals surface area contributed by atoms with Crippen LogP contribution >= 0.6 is 0 Å². The van der Waals surface area contributed by atoms with Crippen molar-refractivity contribution in [2.24, 2.45) is 0 Å². The molecule has 1 aromatic carbocycles. The van der Waals surface area contributed by atoms with Crippen molar-refractivity contribution in [2.75, 3.05) is 7.11 Å². The zero-order valence-corrected chi connectivity index (χ0v) is 12.4. The van der Waals surface area contributed by atoms with E-state index in [0.717, 1.165) is 23.3 Å². The molecule has 0 aliphatic heterocycles. The molecular formula is C15H19N3O3. The number of ether oxygens (including phenoxy) is 1. The summed E-state index contributed by atoms with van der Waals surface area (Å²) in [5.74, 6) is 0.133. The van der Waals surface area contributed by atoms with E-state index in [-0.39, 0.29) is 5.91 Å². The van der Waals surface area contributed by atoms with E-state index >= 15 is 0 Å². The molecule has 0 spiro atoms. The number of hydrogen-bond acceptors (Lipinski definition) is 4. The highest BCUT2D eigenvalue weighted by molar-refractivity contribution is 5.83. The molecule has 1 N–H and O–H groups in total. The molecule has 0 fully saturated rings. The number of aromatic nitrogens is 2. The Bertz CT molecular complexity index is 663. The van der Waals surface area contributed by atoms with Gasteiger partial charge in [-0.3, -0.25) is 4.79 Å². The molecule has 2 aromatic rings. The third-order valence-electron chi connectivity index (χ3n) is 3.28. The Balaban J connectivity index is 2.39. The topological polar surface area (TPSA) is 73.2 Å². The van der Waals surface area contributed by atoms with Crippen LogP contribution < -0.4 is 5.32 Å². The number of esters is 1. The standard InChI is InChI=1S/C15H19N3O3/c1-4-14-17-11-7-5-6-8-13(11)18(14)9-12(15(20)21-3)16-10(2)19/h5-8,12H,4,9H2,1-3H3,(H,16,19). The summed E-state index contributed by atoms with van der Waals surface area (Å²) < 4.78 is 6.71. The molecule has 6 nitrogen and oxygen atoms in total. The van der Waals surface area contributed by atoms with Crippen LogP contribution in [-0.2, 0) is 27.3 Å². The van der Waals surface area contributed by atoms with Gasteiger partial charge in [0.25, 0.3) is 0 Å². The van der Waals surface area contributed by atoms with Gasteiger partial charge in [0.1, 0.15) is 11.9 Å². The van der Waals surface area contributed by atoms with Crippen molar-refractivity contribution in [3.8, 4) is 0 Å². The zero-order chi connectivity index (χ0) is 15.4. The lowest BCUT2D eigenvalue weighted by molar-refractivity contribution is -0.145. The van der Waals surface area contributed by atoms with Gasteiger partial charge in [0.05, 0.1) is 24.7 Å². The van der Waals surface area contributed by atoms with Gasteiger partial charge in [-0.05, 0) is 12.1 Å². The molecule has 0 aliphatic carbocycles. The summed E-state index contributed by atoms with van der Waals surface area (Å²) in [5, 5.41) is 2.62. The second-order valence-electron chi connectivity index (χ2n) is 4.76. The van der Waals surface area contributed by atoms with Gasteiger partial charge in [-0.15, -0.1) is 0 Å². The fraction of sp³-hybridized carbons (Fsp3) is 0.400. The van der Waals surface area contributed by atoms with E-state index in [2.05, 4.69) is 10.3 Å². The first kappa shape index (κ1) is 15.0. The number of carbonyl (C=O) groups excluding carboxylic acids is 2. The van der Waals surface area contributed by atoms with Gasteiger partial charge in [-0.1, -0.05) is 19.1 Å². The highest BCUT2D eigenvalue weighted by atomic mass is 16.5. The van der Waals surface area contributed by atoms with E-state index in [1.54, 1.807) is 0 Å². The van der Waals surface area contributed by atoms with Crippen LogP contribution in [0.5, 0.6) is 0 Å². The van der Waals surface area contributed by atoms with Gasteiger partial charge in [0, 0.05) is 13.3 Å². The molecule has 6 heteroatoms. The maximum absolute atomic E-state index is 11.8. The van der Waals surface area contributed by atoms with Crippen molar-refractivity contribution in [3.63, 3.8) is 0 Å². The monoisotopic (exact) mass is 289 g/mol. The van der Waals surface area contributed by atoms with Crippen LogP contribution in [-0.4, -0.2) is 34.6 Å². The number of para-hydroxylation sites is 2. The predicted octanol–water partition coefficient (Wildman–Crippen LogP) is 1.28. The van der Waals surface area contributed by atoms with Gasteiger partial charge < -0.3 is 14.6 Å². The van der Waals surface area contributed by atoms with Crippen molar-refractivity contribution in [1.29, 1.82) is 0 Å². The number of fused-ring (bicyclic) bond motifs is 1. The Morgan fingerprint density at radius 2 is 2.10 bits per heavy atom. The third kappa shape index (κ3) is 3.21. The van der Waals surface area contributed by atoms with Gasteiger partial charge in [0.15, 0.2) is 0 Å². The molecule has 112 valence electrons. The lowest BCUT2D eigenvalue weighted by Crippen LogP contribution is -2.43. The number of nitrogens with zero attached hydrogens (tertiary/aromatic N) is 2. The first-order valence-electron chi connectivity index (χ1n) is 6.85. The summed E-state index contributed by atoms with van der Waals surface area (Å²) in [4.78, 5) is 27.7. The molecule has 1 amide bonds. The summed E-state index contributed by atoms with van der Waals surface area (Å²) in [5.41, 5.74) is 1.81. The van der Waals surface area contributed by atoms with Crippen molar-refractivity contribution < 1.29 is 14.3 Å². The molecule has 2 rings (SSSR count). The minimum absolute atomic E-state index is 0.270. The molecule has 1 aromatic heterocycles. The van der Waals surface area contributed by atoms with E-state index in [1.807, 2.05) is 35.8 Å². The summed E-state index contributed by atoms with van der Waals surface area (Å²) in [6, 6.07) is 6.99. The van der Waals surface area contributed by atoms with E-state index in [4.69, 9.17) is 4.74 Å². The average molecular weight is 289 g/mol. The lowest BCUT2D eigenvalue weighted by atomic mass is 10.2. The summed E-state index contributed by atoms with van der Waals surface area (Å²) >= 11 is 0. The highest BCUT2D eigenvalue weighted by Gasteiger charge is 2.23. The van der Waals surface area contributed by atoms with E-state index in [9.17, 15) is 9.59 Å². The van der Waals surface area contributed by atoms with Gasteiger partial charge in [-0.2, -0.15) is 0 Å². The lowest BCUT2D eigenvalue weighted by Gasteiger charge is -2.18. The molecule has 1 unspecified atom stereocenters. The average Bonchev–Trinajstić information content (AvgIpc) is 2.83. The number of methoxy groups -OCH3 is 1. The van der Waals surface area contributed by atoms with Crippen LogP contribution in [0, 0.1) is 0 Å². The smallest absolute Gasteiger partial charge is 0.330 e. The first-order chi connectivity index (χ1) is 10.1. The van der Waals surface area contributed by atoms with Crippen molar-refractivity contribution in [1.82, 2.24) is 14.9 Å². The maximum atomic E-state index is 11.8. The molecule has 0 radical (unpaired) electrons. The fourth-order valence-electron chi connectivity index (χ4n) is 2.35. The van der Waals surface area contributed by atoms with Gasteiger partial charge in [0.2, 0.25) is 5.91 Å². The van der Waals surface area contributed by atoms with Crippen molar-refractivity contribution >= 4 is 22.9 Å². The number of nitrogens with one attached hydrogen (secondary N) is 1. The first-order valence-corrected chi connectivity index (χ1v) is 6.85. The number of aryl methyl sites for hydroxylation is 1. The molecule has 0 saturated heterocycles. The molecule has 1 atom stereocenters. The van der Waals surface area contributed by atoms with Crippen LogP contribution in [0.2, 0.25) is 0 Å². The number of rotatable bonds is 5. The Labute approximate surface area is 123 Å². The second kappa shape index (κ2) is 6.39. The Kier molecular flexibility index (Phi) is 4.57. The minimum atomic E-state index is -0.726. The number of amides is 1. The van der Waals surface area contributed by atoms with Crippen LogP contribution in [0.15, 0.2) is 24.3 Å². The number of benzene rings is 1. The largest absolute Gasteiger partial charge is 0.467 e. The number of carbonyl (C=O) groups is 2. The van der Waals surface area contributed by atoms with Crippen molar-refractivity contribution in [2.45, 2.75) is 32.9 Å². The van der Waals surface area contributed by atoms with E-state index < -0.39 is 12.0 Å².